The second kappa shape index (κ2) is 8.70. The second-order valence-corrected chi connectivity index (χ2v) is 6.66. The molecule has 0 bridgehead atoms. The average molecular weight is 392 g/mol. The summed E-state index contributed by atoms with van der Waals surface area (Å²) in [6, 6.07) is 8.82. The highest BCUT2D eigenvalue weighted by atomic mass is 19.4. The maximum atomic E-state index is 12.7. The smallest absolute Gasteiger partial charge is 0.352 e. The predicted molar refractivity (Wildman–Crippen MR) is 102 cm³/mol. The Morgan fingerprint density at radius 2 is 1.86 bits per heavy atom. The van der Waals surface area contributed by atoms with Crippen LogP contribution in [0.15, 0.2) is 42.6 Å². The van der Waals surface area contributed by atoms with Crippen molar-refractivity contribution < 1.29 is 18.0 Å². The van der Waals surface area contributed by atoms with Crippen molar-refractivity contribution in [2.45, 2.75) is 19.3 Å². The van der Waals surface area contributed by atoms with Crippen LogP contribution in [-0.2, 0) is 11.0 Å². The SMILES string of the molecule is CCNC1CN(c2ccc(-c3ccc(C(F)(F)F)cc3)cn2)CCN1CC=O. The molecule has 1 atom stereocenters. The standard InChI is InChI=1S/C20H23F3N4O/c1-2-24-19-14-27(10-9-26(19)11-12-28)18-8-5-16(13-25-18)15-3-6-17(7-4-15)20(21,22)23/h3-8,12-13,19,24H,2,9-11,14H2,1H3. The highest BCUT2D eigenvalue weighted by molar-refractivity contribution is 5.64. The number of hydrogen-bond donors (Lipinski definition) is 1. The van der Waals surface area contributed by atoms with Gasteiger partial charge in [-0.15, -0.1) is 0 Å². The minimum atomic E-state index is -4.34. The maximum absolute atomic E-state index is 12.7. The van der Waals surface area contributed by atoms with Crippen molar-refractivity contribution in [1.82, 2.24) is 15.2 Å². The lowest BCUT2D eigenvalue weighted by Gasteiger charge is -2.41. The number of aldehydes is 1. The molecule has 1 N–H and O–H groups in total. The van der Waals surface area contributed by atoms with Crippen LogP contribution in [-0.4, -0.2) is 55.1 Å². The van der Waals surface area contributed by atoms with E-state index in [9.17, 15) is 18.0 Å². The molecule has 1 aromatic carbocycles. The molecule has 1 aliphatic heterocycles. The lowest BCUT2D eigenvalue weighted by Crippen LogP contribution is -2.59. The fraction of sp³-hybridized carbons (Fsp3) is 0.400. The molecule has 0 radical (unpaired) electrons. The van der Waals surface area contributed by atoms with Gasteiger partial charge in [0.1, 0.15) is 12.1 Å². The van der Waals surface area contributed by atoms with Crippen LogP contribution in [0.3, 0.4) is 0 Å². The van der Waals surface area contributed by atoms with Crippen molar-refractivity contribution in [3.63, 3.8) is 0 Å². The Balaban J connectivity index is 1.71. The maximum Gasteiger partial charge on any atom is 0.416 e. The monoisotopic (exact) mass is 392 g/mol. The Morgan fingerprint density at radius 3 is 2.43 bits per heavy atom. The van der Waals surface area contributed by atoms with Gasteiger partial charge in [0.15, 0.2) is 0 Å². The Labute approximate surface area is 162 Å². The van der Waals surface area contributed by atoms with Crippen LogP contribution in [0.5, 0.6) is 0 Å². The zero-order valence-corrected chi connectivity index (χ0v) is 15.6. The first-order valence-corrected chi connectivity index (χ1v) is 9.22. The van der Waals surface area contributed by atoms with E-state index in [1.165, 1.54) is 12.1 Å². The first-order valence-electron chi connectivity index (χ1n) is 9.22. The van der Waals surface area contributed by atoms with Gasteiger partial charge < -0.3 is 15.0 Å². The van der Waals surface area contributed by atoms with Gasteiger partial charge in [-0.3, -0.25) is 4.90 Å². The number of pyridine rings is 1. The molecule has 3 rings (SSSR count). The Bertz CT molecular complexity index is 778. The van der Waals surface area contributed by atoms with E-state index < -0.39 is 11.7 Å². The van der Waals surface area contributed by atoms with Crippen LogP contribution in [0.1, 0.15) is 12.5 Å². The lowest BCUT2D eigenvalue weighted by molar-refractivity contribution is -0.137. The van der Waals surface area contributed by atoms with Crippen LogP contribution in [0.4, 0.5) is 19.0 Å². The van der Waals surface area contributed by atoms with Gasteiger partial charge in [-0.2, -0.15) is 13.2 Å². The molecule has 1 fully saturated rings. The van der Waals surface area contributed by atoms with Crippen LogP contribution in [0.2, 0.25) is 0 Å². The van der Waals surface area contributed by atoms with Gasteiger partial charge in [0.05, 0.1) is 18.3 Å². The summed E-state index contributed by atoms with van der Waals surface area (Å²) >= 11 is 0. The number of likely N-dealkylation sites (N-methyl/N-ethyl adjacent to an activating group) is 1. The quantitative estimate of drug-likeness (QED) is 0.766. The number of anilines is 1. The lowest BCUT2D eigenvalue weighted by atomic mass is 10.1. The van der Waals surface area contributed by atoms with Crippen molar-refractivity contribution in [2.24, 2.45) is 0 Å². The highest BCUT2D eigenvalue weighted by Crippen LogP contribution is 2.31. The molecular formula is C20H23F3N4O. The van der Waals surface area contributed by atoms with Crippen LogP contribution >= 0.6 is 0 Å². The number of carbonyl (C=O) groups excluding carboxylic acids is 1. The van der Waals surface area contributed by atoms with Gasteiger partial charge in [0.2, 0.25) is 0 Å². The molecule has 0 spiro atoms. The topological polar surface area (TPSA) is 48.5 Å². The number of aromatic nitrogens is 1. The number of carbonyl (C=O) groups is 1. The van der Waals surface area contributed by atoms with Gasteiger partial charge in [0, 0.05) is 31.4 Å². The summed E-state index contributed by atoms with van der Waals surface area (Å²) in [5, 5.41) is 3.38. The van der Waals surface area contributed by atoms with E-state index in [0.29, 0.717) is 18.7 Å². The summed E-state index contributed by atoms with van der Waals surface area (Å²) in [4.78, 5) is 19.6. The van der Waals surface area contributed by atoms with E-state index in [1.54, 1.807) is 6.20 Å². The van der Waals surface area contributed by atoms with Crippen LogP contribution in [0.25, 0.3) is 11.1 Å². The van der Waals surface area contributed by atoms with E-state index in [1.807, 2.05) is 19.1 Å². The normalized spacial score (nSPS) is 18.3. The van der Waals surface area contributed by atoms with Gasteiger partial charge in [-0.1, -0.05) is 19.1 Å². The molecule has 150 valence electrons. The summed E-state index contributed by atoms with van der Waals surface area (Å²) in [6.45, 7) is 5.42. The molecule has 1 unspecified atom stereocenters. The second-order valence-electron chi connectivity index (χ2n) is 6.66. The number of alkyl halides is 3. The average Bonchev–Trinajstić information content (AvgIpc) is 2.69. The largest absolute Gasteiger partial charge is 0.416 e. The number of hydrogen-bond acceptors (Lipinski definition) is 5. The summed E-state index contributed by atoms with van der Waals surface area (Å²) < 4.78 is 38.1. The summed E-state index contributed by atoms with van der Waals surface area (Å²) in [5.41, 5.74) is 0.789. The zero-order chi connectivity index (χ0) is 20.1. The van der Waals surface area contributed by atoms with Gasteiger partial charge >= 0.3 is 6.18 Å². The van der Waals surface area contributed by atoms with E-state index in [2.05, 4.69) is 20.1 Å². The van der Waals surface area contributed by atoms with E-state index in [0.717, 1.165) is 49.4 Å². The van der Waals surface area contributed by atoms with Crippen molar-refractivity contribution in [3.05, 3.63) is 48.2 Å². The third-order valence-corrected chi connectivity index (χ3v) is 4.86. The Hall–Kier alpha value is -2.45. The van der Waals surface area contributed by atoms with E-state index >= 15 is 0 Å². The summed E-state index contributed by atoms with van der Waals surface area (Å²) in [5.74, 6) is 0.810. The third kappa shape index (κ3) is 4.69. The zero-order valence-electron chi connectivity index (χ0n) is 15.6. The molecule has 28 heavy (non-hydrogen) atoms. The molecule has 0 amide bonds. The predicted octanol–water partition coefficient (Wildman–Crippen LogP) is 3.02. The number of halogens is 3. The molecule has 1 aromatic heterocycles. The van der Waals surface area contributed by atoms with Crippen molar-refractivity contribution in [3.8, 4) is 11.1 Å². The highest BCUT2D eigenvalue weighted by Gasteiger charge is 2.30. The van der Waals surface area contributed by atoms with Crippen LogP contribution < -0.4 is 10.2 Å². The minimum Gasteiger partial charge on any atom is -0.352 e. The van der Waals surface area contributed by atoms with Crippen LogP contribution in [0, 0.1) is 0 Å². The number of rotatable bonds is 6. The minimum absolute atomic E-state index is 0.0698. The summed E-state index contributed by atoms with van der Waals surface area (Å²) in [7, 11) is 0. The molecule has 8 heteroatoms. The molecular weight excluding hydrogens is 369 g/mol. The summed E-state index contributed by atoms with van der Waals surface area (Å²) in [6.07, 6.45) is -1.68. The molecule has 1 aliphatic rings. The molecule has 2 aromatic rings. The molecule has 0 aliphatic carbocycles. The number of piperazine rings is 1. The number of nitrogens with zero attached hydrogens (tertiary/aromatic N) is 3. The van der Waals surface area contributed by atoms with E-state index in [-0.39, 0.29) is 6.17 Å². The molecule has 2 heterocycles. The molecule has 5 nitrogen and oxygen atoms in total. The van der Waals surface area contributed by atoms with Gasteiger partial charge in [-0.25, -0.2) is 4.98 Å². The Kier molecular flexibility index (Phi) is 6.31. The fourth-order valence-electron chi connectivity index (χ4n) is 3.37. The van der Waals surface area contributed by atoms with Gasteiger partial charge in [-0.05, 0) is 36.4 Å². The van der Waals surface area contributed by atoms with E-state index in [4.69, 9.17) is 0 Å². The third-order valence-electron chi connectivity index (χ3n) is 4.86. The Morgan fingerprint density at radius 1 is 1.14 bits per heavy atom. The fourth-order valence-corrected chi connectivity index (χ4v) is 3.37. The van der Waals surface area contributed by atoms with Gasteiger partial charge in [0.25, 0.3) is 0 Å². The van der Waals surface area contributed by atoms with Crippen molar-refractivity contribution in [1.29, 1.82) is 0 Å². The number of nitrogens with one attached hydrogen (secondary N) is 1. The molecule has 1 saturated heterocycles. The number of benzene rings is 1. The van der Waals surface area contributed by atoms with Crippen molar-refractivity contribution in [2.75, 3.05) is 37.6 Å². The first kappa shape index (κ1) is 20.3. The first-order chi connectivity index (χ1) is 13.4. The van der Waals surface area contributed by atoms with Crippen molar-refractivity contribution >= 4 is 12.1 Å². The molecule has 0 saturated carbocycles.